The quantitative estimate of drug-likeness (QED) is 0.542. The Morgan fingerprint density at radius 2 is 1.73 bits per heavy atom. The molecule has 0 bridgehead atoms. The van der Waals surface area contributed by atoms with E-state index in [1.807, 2.05) is 30.3 Å². The molecular weight excluding hydrogens is 395 g/mol. The van der Waals surface area contributed by atoms with Crippen LogP contribution in [-0.4, -0.2) is 37.1 Å². The first-order chi connectivity index (χ1) is 14.4. The first kappa shape index (κ1) is 18.4. The Morgan fingerprint density at radius 1 is 1.00 bits per heavy atom. The van der Waals surface area contributed by atoms with Gasteiger partial charge < -0.3 is 14.5 Å². The zero-order chi connectivity index (χ0) is 20.9. The van der Waals surface area contributed by atoms with Crippen molar-refractivity contribution in [3.63, 3.8) is 0 Å². The monoisotopic (exact) mass is 411 g/mol. The summed E-state index contributed by atoms with van der Waals surface area (Å²) in [5.41, 5.74) is 1.86. The number of halogens is 3. The molecular formula is C21H16F3N5O. The summed E-state index contributed by atoms with van der Waals surface area (Å²) in [6.07, 6.45) is -4.62. The highest BCUT2D eigenvalue weighted by molar-refractivity contribution is 5.98. The minimum atomic E-state index is -4.62. The number of hydrogen-bond donors (Lipinski definition) is 1. The molecule has 1 amide bonds. The van der Waals surface area contributed by atoms with Crippen molar-refractivity contribution in [3.05, 3.63) is 83.6 Å². The maximum atomic E-state index is 13.4. The second kappa shape index (κ2) is 6.72. The Hall–Kier alpha value is -3.62. The van der Waals surface area contributed by atoms with E-state index in [0.717, 1.165) is 15.5 Å². The fourth-order valence-corrected chi connectivity index (χ4v) is 3.95. The molecule has 0 radical (unpaired) electrons. The molecule has 2 aromatic carbocycles. The topological polar surface area (TPSA) is 66.8 Å². The average Bonchev–Trinajstić information content (AvgIpc) is 3.37. The molecule has 0 saturated carbocycles. The minimum Gasteiger partial charge on any atom is -0.351 e. The second-order valence-corrected chi connectivity index (χ2v) is 7.11. The molecule has 3 heterocycles. The molecule has 1 aliphatic rings. The number of aromatic nitrogens is 4. The fraction of sp³-hybridized carbons (Fsp3) is 0.190. The van der Waals surface area contributed by atoms with Gasteiger partial charge in [0.05, 0.1) is 0 Å². The number of rotatable bonds is 2. The van der Waals surface area contributed by atoms with Crippen molar-refractivity contribution in [2.75, 3.05) is 6.54 Å². The summed E-state index contributed by atoms with van der Waals surface area (Å²) >= 11 is 0. The first-order valence-electron chi connectivity index (χ1n) is 9.37. The predicted octanol–water partition coefficient (Wildman–Crippen LogP) is 4.02. The fourth-order valence-electron chi connectivity index (χ4n) is 3.95. The van der Waals surface area contributed by atoms with Crippen molar-refractivity contribution >= 4 is 16.8 Å². The van der Waals surface area contributed by atoms with Crippen LogP contribution in [0.15, 0.2) is 60.7 Å². The lowest BCUT2D eigenvalue weighted by molar-refractivity contribution is -0.148. The van der Waals surface area contributed by atoms with E-state index in [1.54, 1.807) is 35.2 Å². The third kappa shape index (κ3) is 2.94. The van der Waals surface area contributed by atoms with Crippen LogP contribution in [-0.2, 0) is 12.7 Å². The van der Waals surface area contributed by atoms with Gasteiger partial charge in [-0.25, -0.2) is 0 Å². The lowest BCUT2D eigenvalue weighted by Gasteiger charge is -2.36. The average molecular weight is 411 g/mol. The van der Waals surface area contributed by atoms with Crippen molar-refractivity contribution in [3.8, 4) is 0 Å². The summed E-state index contributed by atoms with van der Waals surface area (Å²) in [6, 6.07) is 17.4. The smallest absolute Gasteiger partial charge is 0.351 e. The van der Waals surface area contributed by atoms with Crippen LogP contribution < -0.4 is 0 Å². The minimum absolute atomic E-state index is 0.0352. The number of benzene rings is 2. The standard InChI is InChI=1S/C21H16F3N5O/c22-21(23,24)20-27-26-18-17(13-6-2-1-3-7-13)28(10-11-29(18)20)19(30)16-12-14-8-4-5-9-15(14)25-16/h1-9,12,17,25H,10-11H2. The normalized spacial score (nSPS) is 16.6. The number of carbonyl (C=O) groups excluding carboxylic acids is 1. The molecule has 30 heavy (non-hydrogen) atoms. The van der Waals surface area contributed by atoms with Gasteiger partial charge in [-0.1, -0.05) is 48.5 Å². The Labute approximate surface area is 169 Å². The summed E-state index contributed by atoms with van der Waals surface area (Å²) in [5.74, 6) is -1.25. The van der Waals surface area contributed by atoms with Crippen LogP contribution in [0, 0.1) is 0 Å². The van der Waals surface area contributed by atoms with Crippen molar-refractivity contribution in [2.45, 2.75) is 18.8 Å². The molecule has 0 spiro atoms. The molecule has 1 unspecified atom stereocenters. The van der Waals surface area contributed by atoms with E-state index in [2.05, 4.69) is 15.2 Å². The van der Waals surface area contributed by atoms with Crippen LogP contribution in [0.2, 0.25) is 0 Å². The number of hydrogen-bond acceptors (Lipinski definition) is 3. The number of nitrogens with zero attached hydrogens (tertiary/aromatic N) is 4. The van der Waals surface area contributed by atoms with Crippen molar-refractivity contribution < 1.29 is 18.0 Å². The molecule has 5 rings (SSSR count). The Morgan fingerprint density at radius 3 is 2.47 bits per heavy atom. The zero-order valence-electron chi connectivity index (χ0n) is 15.6. The maximum absolute atomic E-state index is 13.4. The molecule has 2 aromatic heterocycles. The number of para-hydroxylation sites is 1. The van der Waals surface area contributed by atoms with Crippen LogP contribution in [0.3, 0.4) is 0 Å². The highest BCUT2D eigenvalue weighted by atomic mass is 19.4. The number of nitrogens with one attached hydrogen (secondary N) is 1. The first-order valence-corrected chi connectivity index (χ1v) is 9.37. The Balaban J connectivity index is 1.61. The van der Waals surface area contributed by atoms with Crippen molar-refractivity contribution in [1.82, 2.24) is 24.6 Å². The molecule has 0 fully saturated rings. The molecule has 0 aliphatic carbocycles. The molecule has 1 N–H and O–H groups in total. The van der Waals surface area contributed by atoms with Gasteiger partial charge in [-0.05, 0) is 17.7 Å². The van der Waals surface area contributed by atoms with Gasteiger partial charge in [0.15, 0.2) is 5.82 Å². The Bertz CT molecular complexity index is 1200. The number of fused-ring (bicyclic) bond motifs is 2. The van der Waals surface area contributed by atoms with Gasteiger partial charge in [0.2, 0.25) is 5.82 Å². The number of carbonyl (C=O) groups is 1. The van der Waals surface area contributed by atoms with Gasteiger partial charge in [-0.15, -0.1) is 10.2 Å². The number of alkyl halides is 3. The van der Waals surface area contributed by atoms with Crippen molar-refractivity contribution in [1.29, 1.82) is 0 Å². The SMILES string of the molecule is O=C(c1cc2ccccc2[nH]1)N1CCn2c(nnc2C(F)(F)F)C1c1ccccc1. The summed E-state index contributed by atoms with van der Waals surface area (Å²) in [4.78, 5) is 18.0. The zero-order valence-corrected chi connectivity index (χ0v) is 15.6. The number of aromatic amines is 1. The van der Waals surface area contributed by atoms with E-state index in [9.17, 15) is 18.0 Å². The second-order valence-electron chi connectivity index (χ2n) is 7.11. The predicted molar refractivity (Wildman–Crippen MR) is 103 cm³/mol. The van der Waals surface area contributed by atoms with Crippen LogP contribution in [0.25, 0.3) is 10.9 Å². The third-order valence-electron chi connectivity index (χ3n) is 5.29. The highest BCUT2D eigenvalue weighted by Crippen LogP contribution is 2.36. The summed E-state index contributed by atoms with van der Waals surface area (Å²) in [7, 11) is 0. The molecule has 9 heteroatoms. The molecule has 1 aliphatic heterocycles. The molecule has 152 valence electrons. The molecule has 0 saturated heterocycles. The van der Waals surface area contributed by atoms with Gasteiger partial charge in [0.25, 0.3) is 5.91 Å². The van der Waals surface area contributed by atoms with E-state index in [1.165, 1.54) is 0 Å². The van der Waals surface area contributed by atoms with Gasteiger partial charge in [0, 0.05) is 24.0 Å². The van der Waals surface area contributed by atoms with Crippen LogP contribution in [0.5, 0.6) is 0 Å². The van der Waals surface area contributed by atoms with E-state index < -0.39 is 18.0 Å². The summed E-state index contributed by atoms with van der Waals surface area (Å²) < 4.78 is 41.2. The van der Waals surface area contributed by atoms with Crippen LogP contribution in [0.4, 0.5) is 13.2 Å². The van der Waals surface area contributed by atoms with Gasteiger partial charge >= 0.3 is 6.18 Å². The Kier molecular flexibility index (Phi) is 4.12. The summed E-state index contributed by atoms with van der Waals surface area (Å²) in [6.45, 7) is 0.0638. The largest absolute Gasteiger partial charge is 0.451 e. The maximum Gasteiger partial charge on any atom is 0.451 e. The van der Waals surface area contributed by atoms with E-state index in [4.69, 9.17) is 0 Å². The lowest BCUT2D eigenvalue weighted by Crippen LogP contribution is -2.43. The van der Waals surface area contributed by atoms with Gasteiger partial charge in [-0.3, -0.25) is 4.79 Å². The molecule has 4 aromatic rings. The lowest BCUT2D eigenvalue weighted by atomic mass is 10.0. The highest BCUT2D eigenvalue weighted by Gasteiger charge is 2.43. The molecule has 6 nitrogen and oxygen atoms in total. The van der Waals surface area contributed by atoms with E-state index >= 15 is 0 Å². The number of H-pyrrole nitrogens is 1. The molecule has 1 atom stereocenters. The van der Waals surface area contributed by atoms with Gasteiger partial charge in [-0.2, -0.15) is 13.2 Å². The van der Waals surface area contributed by atoms with Crippen LogP contribution in [0.1, 0.15) is 33.7 Å². The summed E-state index contributed by atoms with van der Waals surface area (Å²) in [5, 5.41) is 8.11. The van der Waals surface area contributed by atoms with Gasteiger partial charge in [0.1, 0.15) is 11.7 Å². The van der Waals surface area contributed by atoms with E-state index in [0.29, 0.717) is 11.3 Å². The number of amides is 1. The van der Waals surface area contributed by atoms with E-state index in [-0.39, 0.29) is 24.8 Å². The van der Waals surface area contributed by atoms with Crippen LogP contribution >= 0.6 is 0 Å². The van der Waals surface area contributed by atoms with Crippen molar-refractivity contribution in [2.24, 2.45) is 0 Å². The third-order valence-corrected chi connectivity index (χ3v) is 5.29.